The van der Waals surface area contributed by atoms with Crippen molar-refractivity contribution in [3.05, 3.63) is 71.0 Å². The predicted molar refractivity (Wildman–Crippen MR) is 102 cm³/mol. The summed E-state index contributed by atoms with van der Waals surface area (Å²) in [7, 11) is 0. The van der Waals surface area contributed by atoms with Gasteiger partial charge in [-0.1, -0.05) is 54.1 Å². The van der Waals surface area contributed by atoms with Crippen molar-refractivity contribution in [2.75, 3.05) is 5.32 Å². The first kappa shape index (κ1) is 17.2. The highest BCUT2D eigenvalue weighted by molar-refractivity contribution is 6.31. The summed E-state index contributed by atoms with van der Waals surface area (Å²) < 4.78 is 1.77. The molecule has 0 radical (unpaired) electrons. The molecule has 1 aromatic heterocycles. The number of amides is 1. The molecular formula is C20H20ClN3O. The molecule has 0 aliphatic carbocycles. The number of halogens is 1. The van der Waals surface area contributed by atoms with Gasteiger partial charge in [0, 0.05) is 12.1 Å². The Bertz CT molecular complexity index is 870. The van der Waals surface area contributed by atoms with Crippen molar-refractivity contribution >= 4 is 23.2 Å². The van der Waals surface area contributed by atoms with E-state index in [0.717, 1.165) is 28.2 Å². The number of benzene rings is 2. The molecule has 0 spiro atoms. The van der Waals surface area contributed by atoms with Crippen LogP contribution in [0.2, 0.25) is 5.02 Å². The highest BCUT2D eigenvalue weighted by atomic mass is 35.5. The maximum absolute atomic E-state index is 12.2. The average Bonchev–Trinajstić information content (AvgIpc) is 2.88. The van der Waals surface area contributed by atoms with Gasteiger partial charge in [-0.25, -0.2) is 0 Å². The molecule has 3 rings (SSSR count). The van der Waals surface area contributed by atoms with Crippen LogP contribution >= 0.6 is 11.6 Å². The monoisotopic (exact) mass is 353 g/mol. The minimum Gasteiger partial charge on any atom is -0.326 e. The molecule has 0 unspecified atom stereocenters. The van der Waals surface area contributed by atoms with Crippen molar-refractivity contribution in [1.82, 2.24) is 9.78 Å². The zero-order chi connectivity index (χ0) is 17.8. The van der Waals surface area contributed by atoms with E-state index in [0.29, 0.717) is 18.0 Å². The standard InChI is InChI=1S/C20H20ClN3O/c1-14-20(21)15(2)24(23-14)13-12-19(25)22-18-10-8-17(9-11-18)16-6-4-3-5-7-16/h3-11H,12-13H2,1-2H3,(H,22,25). The van der Waals surface area contributed by atoms with Gasteiger partial charge in [-0.2, -0.15) is 5.10 Å². The van der Waals surface area contributed by atoms with Gasteiger partial charge < -0.3 is 5.32 Å². The largest absolute Gasteiger partial charge is 0.326 e. The zero-order valence-electron chi connectivity index (χ0n) is 14.3. The Hall–Kier alpha value is -2.59. The molecule has 0 saturated heterocycles. The van der Waals surface area contributed by atoms with Gasteiger partial charge in [-0.05, 0) is 37.1 Å². The second-order valence-electron chi connectivity index (χ2n) is 5.95. The number of nitrogens with zero attached hydrogens (tertiary/aromatic N) is 2. The van der Waals surface area contributed by atoms with Gasteiger partial charge in [0.2, 0.25) is 5.91 Å². The zero-order valence-corrected chi connectivity index (χ0v) is 15.0. The number of carbonyl (C=O) groups excluding carboxylic acids is 1. The topological polar surface area (TPSA) is 46.9 Å². The molecule has 0 bridgehead atoms. The Labute approximate surface area is 152 Å². The summed E-state index contributed by atoms with van der Waals surface area (Å²) >= 11 is 6.12. The van der Waals surface area contributed by atoms with E-state index in [9.17, 15) is 4.79 Å². The summed E-state index contributed by atoms with van der Waals surface area (Å²) in [6.07, 6.45) is 0.346. The Balaban J connectivity index is 1.58. The lowest BCUT2D eigenvalue weighted by atomic mass is 10.1. The SMILES string of the molecule is Cc1nn(CCC(=O)Nc2ccc(-c3ccccc3)cc2)c(C)c1Cl. The molecule has 0 aliphatic heterocycles. The van der Waals surface area contributed by atoms with Crippen molar-refractivity contribution in [2.24, 2.45) is 0 Å². The molecular weight excluding hydrogens is 334 g/mol. The Kier molecular flexibility index (Phi) is 5.19. The van der Waals surface area contributed by atoms with Crippen molar-refractivity contribution in [1.29, 1.82) is 0 Å². The summed E-state index contributed by atoms with van der Waals surface area (Å²) in [5, 5.41) is 7.92. The summed E-state index contributed by atoms with van der Waals surface area (Å²) in [6.45, 7) is 4.27. The summed E-state index contributed by atoms with van der Waals surface area (Å²) in [5.41, 5.74) is 4.74. The highest BCUT2D eigenvalue weighted by Gasteiger charge is 2.10. The number of aryl methyl sites for hydroxylation is 2. The number of hydrogen-bond acceptors (Lipinski definition) is 2. The van der Waals surface area contributed by atoms with Gasteiger partial charge in [-0.15, -0.1) is 0 Å². The summed E-state index contributed by atoms with van der Waals surface area (Å²) in [4.78, 5) is 12.2. The lowest BCUT2D eigenvalue weighted by molar-refractivity contribution is -0.116. The molecule has 128 valence electrons. The molecule has 0 saturated carbocycles. The molecule has 25 heavy (non-hydrogen) atoms. The second-order valence-corrected chi connectivity index (χ2v) is 6.33. The first-order valence-electron chi connectivity index (χ1n) is 8.19. The number of nitrogens with one attached hydrogen (secondary N) is 1. The van der Waals surface area contributed by atoms with Crippen molar-refractivity contribution < 1.29 is 4.79 Å². The molecule has 2 aromatic carbocycles. The summed E-state index contributed by atoms with van der Waals surface area (Å²) in [5.74, 6) is -0.0452. The van der Waals surface area contributed by atoms with Crippen LogP contribution in [0.1, 0.15) is 17.8 Å². The normalized spacial score (nSPS) is 10.7. The second kappa shape index (κ2) is 7.53. The van der Waals surface area contributed by atoms with Gasteiger partial charge in [0.1, 0.15) is 0 Å². The number of aromatic nitrogens is 2. The Morgan fingerprint density at radius 2 is 1.68 bits per heavy atom. The van der Waals surface area contributed by atoms with E-state index in [1.165, 1.54) is 0 Å². The first-order valence-corrected chi connectivity index (χ1v) is 8.57. The van der Waals surface area contributed by atoms with Crippen molar-refractivity contribution in [3.8, 4) is 11.1 Å². The van der Waals surface area contributed by atoms with Crippen LogP contribution in [0, 0.1) is 13.8 Å². The Morgan fingerprint density at radius 1 is 1.04 bits per heavy atom. The van der Waals surface area contributed by atoms with Crippen LogP contribution in [0.5, 0.6) is 0 Å². The van der Waals surface area contributed by atoms with Crippen molar-refractivity contribution in [3.63, 3.8) is 0 Å². The first-order chi connectivity index (χ1) is 12.0. The van der Waals surface area contributed by atoms with E-state index >= 15 is 0 Å². The number of hydrogen-bond donors (Lipinski definition) is 1. The van der Waals surface area contributed by atoms with E-state index in [1.54, 1.807) is 4.68 Å². The number of anilines is 1. The fourth-order valence-electron chi connectivity index (χ4n) is 2.70. The van der Waals surface area contributed by atoms with E-state index in [-0.39, 0.29) is 5.91 Å². The van der Waals surface area contributed by atoms with Crippen LogP contribution < -0.4 is 5.32 Å². The van der Waals surface area contributed by atoms with Crippen LogP contribution in [-0.4, -0.2) is 15.7 Å². The molecule has 1 N–H and O–H groups in total. The van der Waals surface area contributed by atoms with Crippen LogP contribution in [0.15, 0.2) is 54.6 Å². The van der Waals surface area contributed by atoms with Gasteiger partial charge in [0.05, 0.1) is 23.0 Å². The fourth-order valence-corrected chi connectivity index (χ4v) is 2.84. The van der Waals surface area contributed by atoms with E-state index < -0.39 is 0 Å². The Morgan fingerprint density at radius 3 is 2.28 bits per heavy atom. The molecule has 1 heterocycles. The lowest BCUT2D eigenvalue weighted by Gasteiger charge is -2.08. The highest BCUT2D eigenvalue weighted by Crippen LogP contribution is 2.21. The fraction of sp³-hybridized carbons (Fsp3) is 0.200. The molecule has 0 atom stereocenters. The van der Waals surface area contributed by atoms with E-state index in [2.05, 4.69) is 22.5 Å². The quantitative estimate of drug-likeness (QED) is 0.712. The van der Waals surface area contributed by atoms with Gasteiger partial charge in [-0.3, -0.25) is 9.48 Å². The third-order valence-electron chi connectivity index (χ3n) is 4.12. The van der Waals surface area contributed by atoms with Gasteiger partial charge in [0.25, 0.3) is 0 Å². The lowest BCUT2D eigenvalue weighted by Crippen LogP contribution is -2.15. The van der Waals surface area contributed by atoms with Crippen LogP contribution in [0.4, 0.5) is 5.69 Å². The maximum atomic E-state index is 12.2. The molecule has 0 aliphatic rings. The molecule has 5 heteroatoms. The summed E-state index contributed by atoms with van der Waals surface area (Å²) in [6, 6.07) is 18.0. The minimum atomic E-state index is -0.0452. The van der Waals surface area contributed by atoms with Crippen molar-refractivity contribution in [2.45, 2.75) is 26.8 Å². The van der Waals surface area contributed by atoms with Gasteiger partial charge in [0.15, 0.2) is 0 Å². The molecule has 4 nitrogen and oxygen atoms in total. The minimum absolute atomic E-state index is 0.0452. The number of rotatable bonds is 5. The van der Waals surface area contributed by atoms with Crippen LogP contribution in [0.3, 0.4) is 0 Å². The molecule has 1 amide bonds. The van der Waals surface area contributed by atoms with Crippen LogP contribution in [-0.2, 0) is 11.3 Å². The van der Waals surface area contributed by atoms with Gasteiger partial charge >= 0.3 is 0 Å². The molecule has 3 aromatic rings. The van der Waals surface area contributed by atoms with E-state index in [1.807, 2.05) is 56.3 Å². The average molecular weight is 354 g/mol. The smallest absolute Gasteiger partial charge is 0.226 e. The third kappa shape index (κ3) is 4.09. The maximum Gasteiger partial charge on any atom is 0.226 e. The predicted octanol–water partition coefficient (Wildman–Crippen LogP) is 4.85. The third-order valence-corrected chi connectivity index (χ3v) is 4.67. The molecule has 0 fully saturated rings. The van der Waals surface area contributed by atoms with E-state index in [4.69, 9.17) is 11.6 Å². The number of carbonyl (C=O) groups is 1. The van der Waals surface area contributed by atoms with Crippen LogP contribution in [0.25, 0.3) is 11.1 Å².